The molecule has 0 spiro atoms. The van der Waals surface area contributed by atoms with Gasteiger partial charge in [-0.2, -0.15) is 0 Å². The van der Waals surface area contributed by atoms with Crippen molar-refractivity contribution in [3.63, 3.8) is 0 Å². The molecule has 2 aromatic heterocycles. The second kappa shape index (κ2) is 8.42. The average molecular weight is 411 g/mol. The van der Waals surface area contributed by atoms with Crippen LogP contribution < -0.4 is 0 Å². The fraction of sp³-hybridized carbons (Fsp3) is 0.421. The van der Waals surface area contributed by atoms with Crippen LogP contribution in [0.2, 0.25) is 10.2 Å². The maximum Gasteiger partial charge on any atom is 0.340 e. The van der Waals surface area contributed by atoms with Crippen molar-refractivity contribution in [2.24, 2.45) is 0 Å². The molecule has 6 nitrogen and oxygen atoms in total. The van der Waals surface area contributed by atoms with Gasteiger partial charge >= 0.3 is 5.97 Å². The van der Waals surface area contributed by atoms with E-state index in [2.05, 4.69) is 9.55 Å². The van der Waals surface area contributed by atoms with Crippen molar-refractivity contribution in [1.82, 2.24) is 9.55 Å². The minimum absolute atomic E-state index is 0.1000. The molecule has 8 heteroatoms. The van der Waals surface area contributed by atoms with Gasteiger partial charge in [0.2, 0.25) is 5.78 Å². The number of rotatable bonds is 6. The number of hydrogen-bond acceptors (Lipinski definition) is 5. The standard InChI is InChI=1S/C19H20Cl2N2O4/c1-11-6-15(12(2)23(11)9-14-4-3-5-26-14)17(24)10-27-19(25)13-7-16(20)18(21)22-8-13/h6-8,14H,3-5,9-10H2,1-2H3/t14-/m0/s1. The molecule has 1 fully saturated rings. The summed E-state index contributed by atoms with van der Waals surface area (Å²) in [5.74, 6) is -0.939. The van der Waals surface area contributed by atoms with E-state index in [0.29, 0.717) is 5.56 Å². The van der Waals surface area contributed by atoms with Gasteiger partial charge in [0.1, 0.15) is 5.15 Å². The number of ketones is 1. The zero-order valence-corrected chi connectivity index (χ0v) is 16.6. The lowest BCUT2D eigenvalue weighted by molar-refractivity contribution is 0.0474. The van der Waals surface area contributed by atoms with Crippen LogP contribution in [0.25, 0.3) is 0 Å². The molecule has 1 aliphatic rings. The van der Waals surface area contributed by atoms with Gasteiger partial charge in [-0.25, -0.2) is 9.78 Å². The molecule has 2 aromatic rings. The van der Waals surface area contributed by atoms with Crippen LogP contribution in [0, 0.1) is 13.8 Å². The van der Waals surface area contributed by atoms with E-state index >= 15 is 0 Å². The van der Waals surface area contributed by atoms with Crippen LogP contribution in [-0.2, 0) is 16.0 Å². The molecule has 0 radical (unpaired) electrons. The monoisotopic (exact) mass is 410 g/mol. The molecule has 3 rings (SSSR count). The van der Waals surface area contributed by atoms with E-state index in [0.717, 1.165) is 37.4 Å². The number of ether oxygens (including phenoxy) is 2. The predicted molar refractivity (Wildman–Crippen MR) is 102 cm³/mol. The summed E-state index contributed by atoms with van der Waals surface area (Å²) in [6.45, 7) is 4.99. The molecule has 1 saturated heterocycles. The Bertz CT molecular complexity index is 873. The Morgan fingerprint density at radius 3 is 2.78 bits per heavy atom. The van der Waals surface area contributed by atoms with Crippen LogP contribution >= 0.6 is 23.2 Å². The van der Waals surface area contributed by atoms with Crippen molar-refractivity contribution >= 4 is 35.0 Å². The van der Waals surface area contributed by atoms with Gasteiger partial charge in [-0.05, 0) is 38.8 Å². The second-order valence-corrected chi connectivity index (χ2v) is 7.29. The summed E-state index contributed by atoms with van der Waals surface area (Å²) >= 11 is 11.6. The molecule has 1 atom stereocenters. The Morgan fingerprint density at radius 2 is 2.11 bits per heavy atom. The molecular weight excluding hydrogens is 391 g/mol. The van der Waals surface area contributed by atoms with Crippen LogP contribution in [0.5, 0.6) is 0 Å². The highest BCUT2D eigenvalue weighted by Gasteiger charge is 2.22. The summed E-state index contributed by atoms with van der Waals surface area (Å²) < 4.78 is 12.9. The van der Waals surface area contributed by atoms with Crippen LogP contribution in [0.3, 0.4) is 0 Å². The van der Waals surface area contributed by atoms with Gasteiger partial charge in [-0.1, -0.05) is 23.2 Å². The van der Waals surface area contributed by atoms with E-state index in [1.165, 1.54) is 12.3 Å². The van der Waals surface area contributed by atoms with E-state index in [9.17, 15) is 9.59 Å². The number of aromatic nitrogens is 2. The SMILES string of the molecule is Cc1cc(C(=O)COC(=O)c2cnc(Cl)c(Cl)c2)c(C)n1C[C@@H]1CCCO1. The molecule has 0 amide bonds. The number of aryl methyl sites for hydroxylation is 1. The number of esters is 1. The van der Waals surface area contributed by atoms with E-state index < -0.39 is 5.97 Å². The Morgan fingerprint density at radius 1 is 1.33 bits per heavy atom. The first kappa shape index (κ1) is 19.9. The largest absolute Gasteiger partial charge is 0.454 e. The highest BCUT2D eigenvalue weighted by molar-refractivity contribution is 6.41. The molecule has 0 bridgehead atoms. The Labute approximate surface area is 167 Å². The lowest BCUT2D eigenvalue weighted by Crippen LogP contribution is -2.18. The van der Waals surface area contributed by atoms with Gasteiger partial charge in [0.15, 0.2) is 6.61 Å². The topological polar surface area (TPSA) is 70.4 Å². The van der Waals surface area contributed by atoms with Crippen LogP contribution in [-0.4, -0.2) is 40.6 Å². The van der Waals surface area contributed by atoms with Gasteiger partial charge < -0.3 is 14.0 Å². The summed E-state index contributed by atoms with van der Waals surface area (Å²) in [5.41, 5.74) is 2.51. The molecule has 0 aromatic carbocycles. The lowest BCUT2D eigenvalue weighted by Gasteiger charge is -2.14. The minimum atomic E-state index is -0.678. The third kappa shape index (κ3) is 4.51. The number of nitrogens with zero attached hydrogens (tertiary/aromatic N) is 2. The summed E-state index contributed by atoms with van der Waals surface area (Å²) in [4.78, 5) is 28.4. The number of carbonyl (C=O) groups is 2. The Hall–Kier alpha value is -1.89. The third-order valence-electron chi connectivity index (χ3n) is 4.65. The van der Waals surface area contributed by atoms with E-state index in [1.54, 1.807) is 0 Å². The van der Waals surface area contributed by atoms with Crippen molar-refractivity contribution in [3.05, 3.63) is 51.0 Å². The maximum absolute atomic E-state index is 12.5. The summed E-state index contributed by atoms with van der Waals surface area (Å²) in [6, 6.07) is 3.18. The molecule has 0 saturated carbocycles. The predicted octanol–water partition coefficient (Wildman–Crippen LogP) is 4.03. The fourth-order valence-corrected chi connectivity index (χ4v) is 3.45. The van der Waals surface area contributed by atoms with E-state index in [4.69, 9.17) is 32.7 Å². The maximum atomic E-state index is 12.5. The lowest BCUT2D eigenvalue weighted by atomic mass is 10.1. The molecule has 1 aliphatic heterocycles. The molecule has 0 N–H and O–H groups in total. The fourth-order valence-electron chi connectivity index (χ4n) is 3.18. The van der Waals surface area contributed by atoms with Gasteiger partial charge in [0, 0.05) is 36.3 Å². The molecular formula is C19H20Cl2N2O4. The van der Waals surface area contributed by atoms with Gasteiger partial charge in [-0.3, -0.25) is 4.79 Å². The summed E-state index contributed by atoms with van der Waals surface area (Å²) in [7, 11) is 0. The quantitative estimate of drug-likeness (QED) is 0.408. The Kier molecular flexibility index (Phi) is 6.19. The van der Waals surface area contributed by atoms with Crippen molar-refractivity contribution in [2.75, 3.05) is 13.2 Å². The van der Waals surface area contributed by atoms with Crippen molar-refractivity contribution < 1.29 is 19.1 Å². The highest BCUT2D eigenvalue weighted by atomic mass is 35.5. The van der Waals surface area contributed by atoms with Crippen LogP contribution in [0.4, 0.5) is 0 Å². The number of hydrogen-bond donors (Lipinski definition) is 0. The summed E-state index contributed by atoms with van der Waals surface area (Å²) in [6.07, 6.45) is 3.53. The van der Waals surface area contributed by atoms with Gasteiger partial charge in [-0.15, -0.1) is 0 Å². The van der Waals surface area contributed by atoms with Crippen molar-refractivity contribution in [3.8, 4) is 0 Å². The van der Waals surface area contributed by atoms with Crippen LogP contribution in [0.1, 0.15) is 44.9 Å². The number of carbonyl (C=O) groups excluding carboxylic acids is 2. The van der Waals surface area contributed by atoms with Gasteiger partial charge in [0.05, 0.1) is 16.7 Å². The van der Waals surface area contributed by atoms with Crippen molar-refractivity contribution in [1.29, 1.82) is 0 Å². The first-order chi connectivity index (χ1) is 12.9. The van der Waals surface area contributed by atoms with E-state index in [1.807, 2.05) is 19.9 Å². The molecule has 0 unspecified atom stereocenters. The zero-order chi connectivity index (χ0) is 19.6. The minimum Gasteiger partial charge on any atom is -0.454 e. The highest BCUT2D eigenvalue weighted by Crippen LogP contribution is 2.22. The normalized spacial score (nSPS) is 16.5. The number of halogens is 2. The molecule has 0 aliphatic carbocycles. The van der Waals surface area contributed by atoms with E-state index in [-0.39, 0.29) is 34.2 Å². The zero-order valence-electron chi connectivity index (χ0n) is 15.1. The second-order valence-electron chi connectivity index (χ2n) is 6.53. The first-order valence-corrected chi connectivity index (χ1v) is 9.42. The smallest absolute Gasteiger partial charge is 0.340 e. The molecule has 144 valence electrons. The number of Topliss-reactive ketones (excluding diaryl/α,β-unsaturated/α-hetero) is 1. The summed E-state index contributed by atoms with van der Waals surface area (Å²) in [5, 5.41) is 0.248. The first-order valence-electron chi connectivity index (χ1n) is 8.66. The van der Waals surface area contributed by atoms with Crippen molar-refractivity contribution in [2.45, 2.75) is 39.3 Å². The van der Waals surface area contributed by atoms with Gasteiger partial charge in [0.25, 0.3) is 0 Å². The third-order valence-corrected chi connectivity index (χ3v) is 5.34. The molecule has 27 heavy (non-hydrogen) atoms. The Balaban J connectivity index is 1.65. The average Bonchev–Trinajstić information content (AvgIpc) is 3.25. The number of pyridine rings is 1. The van der Waals surface area contributed by atoms with Crippen LogP contribution in [0.15, 0.2) is 18.3 Å². The molecule has 3 heterocycles.